The van der Waals surface area contributed by atoms with E-state index in [-0.39, 0.29) is 18.3 Å². The lowest BCUT2D eigenvalue weighted by Crippen LogP contribution is -2.03. The average molecular weight is 308 g/mol. The summed E-state index contributed by atoms with van der Waals surface area (Å²) in [5.41, 5.74) is 7.88. The molecule has 2 aromatic carbocycles. The van der Waals surface area contributed by atoms with E-state index < -0.39 is 0 Å². The highest BCUT2D eigenvalue weighted by atomic mass is 35.5. The van der Waals surface area contributed by atoms with Crippen molar-refractivity contribution in [3.05, 3.63) is 57.9 Å². The second-order valence-corrected chi connectivity index (χ2v) is 5.72. The molecule has 0 heterocycles. The van der Waals surface area contributed by atoms with Crippen molar-refractivity contribution in [2.45, 2.75) is 33.2 Å². The maximum atomic E-state index is 13.7. The Kier molecular flexibility index (Phi) is 4.86. The summed E-state index contributed by atoms with van der Waals surface area (Å²) in [4.78, 5) is 0. The molecular formula is C17H19ClFNO. The number of rotatable bonds is 4. The molecule has 0 amide bonds. The van der Waals surface area contributed by atoms with Crippen molar-refractivity contribution in [2.75, 3.05) is 0 Å². The van der Waals surface area contributed by atoms with Crippen molar-refractivity contribution >= 4 is 11.6 Å². The first-order chi connectivity index (χ1) is 9.93. The number of benzene rings is 2. The second-order valence-electron chi connectivity index (χ2n) is 5.32. The Labute approximate surface area is 129 Å². The Morgan fingerprint density at radius 1 is 1.24 bits per heavy atom. The molecule has 0 atom stereocenters. The summed E-state index contributed by atoms with van der Waals surface area (Å²) >= 11 is 6.25. The van der Waals surface area contributed by atoms with Crippen LogP contribution in [0.5, 0.6) is 11.5 Å². The van der Waals surface area contributed by atoms with Crippen molar-refractivity contribution in [3.8, 4) is 11.5 Å². The lowest BCUT2D eigenvalue weighted by atomic mass is 10.0. The molecule has 0 saturated carbocycles. The third kappa shape index (κ3) is 3.36. The number of nitrogens with two attached hydrogens (primary N) is 1. The molecule has 0 bridgehead atoms. The lowest BCUT2D eigenvalue weighted by molar-refractivity contribution is 0.463. The lowest BCUT2D eigenvalue weighted by Gasteiger charge is -2.16. The molecule has 112 valence electrons. The largest absolute Gasteiger partial charge is 0.457 e. The average Bonchev–Trinajstić information content (AvgIpc) is 2.41. The highest BCUT2D eigenvalue weighted by molar-refractivity contribution is 6.31. The molecule has 0 spiro atoms. The predicted octanol–water partition coefficient (Wildman–Crippen LogP) is 5.16. The monoisotopic (exact) mass is 307 g/mol. The van der Waals surface area contributed by atoms with Gasteiger partial charge in [-0.15, -0.1) is 0 Å². The third-order valence-electron chi connectivity index (χ3n) is 3.42. The van der Waals surface area contributed by atoms with Gasteiger partial charge in [-0.3, -0.25) is 0 Å². The van der Waals surface area contributed by atoms with Crippen molar-refractivity contribution in [2.24, 2.45) is 5.73 Å². The Morgan fingerprint density at radius 3 is 2.57 bits per heavy atom. The van der Waals surface area contributed by atoms with E-state index >= 15 is 0 Å². The first-order valence-electron chi connectivity index (χ1n) is 6.89. The summed E-state index contributed by atoms with van der Waals surface area (Å²) < 4.78 is 19.6. The van der Waals surface area contributed by atoms with E-state index in [1.54, 1.807) is 12.1 Å². The van der Waals surface area contributed by atoms with Crippen LogP contribution in [0.25, 0.3) is 0 Å². The summed E-state index contributed by atoms with van der Waals surface area (Å²) in [7, 11) is 0. The maximum Gasteiger partial charge on any atom is 0.134 e. The van der Waals surface area contributed by atoms with Gasteiger partial charge < -0.3 is 10.5 Å². The normalized spacial score (nSPS) is 11.0. The van der Waals surface area contributed by atoms with Crippen molar-refractivity contribution in [1.82, 2.24) is 0 Å². The van der Waals surface area contributed by atoms with Gasteiger partial charge in [0.25, 0.3) is 0 Å². The zero-order valence-corrected chi connectivity index (χ0v) is 13.2. The zero-order chi connectivity index (χ0) is 15.6. The molecule has 0 saturated heterocycles. The number of ether oxygens (including phenoxy) is 1. The standard InChI is InChI=1S/C17H19ClFNO/c1-10(2)12-8-17(11(3)7-14(12)18)21-16-6-4-5-15(19)13(16)9-20/h4-8,10H,9,20H2,1-3H3. The molecule has 0 aromatic heterocycles. The number of aryl methyl sites for hydroxylation is 1. The fraction of sp³-hybridized carbons (Fsp3) is 0.294. The number of halogens is 2. The van der Waals surface area contributed by atoms with Crippen LogP contribution in [-0.4, -0.2) is 0 Å². The van der Waals surface area contributed by atoms with E-state index in [1.165, 1.54) is 6.07 Å². The van der Waals surface area contributed by atoms with Gasteiger partial charge in [-0.05, 0) is 48.2 Å². The Balaban J connectivity index is 2.45. The van der Waals surface area contributed by atoms with Gasteiger partial charge >= 0.3 is 0 Å². The summed E-state index contributed by atoms with van der Waals surface area (Å²) in [6, 6.07) is 8.48. The van der Waals surface area contributed by atoms with E-state index in [9.17, 15) is 4.39 Å². The summed E-state index contributed by atoms with van der Waals surface area (Å²) in [5, 5.41) is 0.716. The minimum Gasteiger partial charge on any atom is -0.457 e. The van der Waals surface area contributed by atoms with Crippen molar-refractivity contribution < 1.29 is 9.13 Å². The van der Waals surface area contributed by atoms with Gasteiger partial charge in [-0.2, -0.15) is 0 Å². The fourth-order valence-electron chi connectivity index (χ4n) is 2.17. The summed E-state index contributed by atoms with van der Waals surface area (Å²) in [6.07, 6.45) is 0. The van der Waals surface area contributed by atoms with Crippen molar-refractivity contribution in [1.29, 1.82) is 0 Å². The molecule has 2 aromatic rings. The van der Waals surface area contributed by atoms with E-state index in [1.807, 2.05) is 19.1 Å². The molecule has 2 nitrogen and oxygen atoms in total. The van der Waals surface area contributed by atoms with Gasteiger partial charge in [0.1, 0.15) is 17.3 Å². The van der Waals surface area contributed by atoms with Crippen LogP contribution in [0, 0.1) is 12.7 Å². The maximum absolute atomic E-state index is 13.7. The minimum absolute atomic E-state index is 0.0890. The van der Waals surface area contributed by atoms with Gasteiger partial charge in [-0.1, -0.05) is 31.5 Å². The van der Waals surface area contributed by atoms with Gasteiger partial charge in [0.15, 0.2) is 0 Å². The molecular weight excluding hydrogens is 289 g/mol. The minimum atomic E-state index is -0.356. The van der Waals surface area contributed by atoms with Gasteiger partial charge in [-0.25, -0.2) is 4.39 Å². The second kappa shape index (κ2) is 6.46. The van der Waals surface area contributed by atoms with Gasteiger partial charge in [0.05, 0.1) is 0 Å². The van der Waals surface area contributed by atoms with Crippen LogP contribution < -0.4 is 10.5 Å². The third-order valence-corrected chi connectivity index (χ3v) is 3.74. The van der Waals surface area contributed by atoms with E-state index in [0.717, 1.165) is 11.1 Å². The zero-order valence-electron chi connectivity index (χ0n) is 12.4. The molecule has 0 aliphatic carbocycles. The molecule has 0 unspecified atom stereocenters. The summed E-state index contributed by atoms with van der Waals surface area (Å²) in [5.74, 6) is 1.04. The Morgan fingerprint density at radius 2 is 1.95 bits per heavy atom. The number of hydrogen-bond acceptors (Lipinski definition) is 2. The van der Waals surface area contributed by atoms with Crippen LogP contribution in [0.15, 0.2) is 30.3 Å². The number of hydrogen-bond donors (Lipinski definition) is 1. The van der Waals surface area contributed by atoms with Crippen LogP contribution in [0.3, 0.4) is 0 Å². The van der Waals surface area contributed by atoms with Gasteiger partial charge in [0.2, 0.25) is 0 Å². The highest BCUT2D eigenvalue weighted by Crippen LogP contribution is 2.35. The molecule has 0 radical (unpaired) electrons. The molecule has 0 fully saturated rings. The van der Waals surface area contributed by atoms with Crippen LogP contribution in [-0.2, 0) is 6.54 Å². The molecule has 21 heavy (non-hydrogen) atoms. The molecule has 4 heteroatoms. The van der Waals surface area contributed by atoms with E-state index in [2.05, 4.69) is 13.8 Å². The van der Waals surface area contributed by atoms with Crippen LogP contribution in [0.1, 0.15) is 36.5 Å². The Hall–Kier alpha value is -1.58. The van der Waals surface area contributed by atoms with Crippen LogP contribution in [0.2, 0.25) is 5.02 Å². The summed E-state index contributed by atoms with van der Waals surface area (Å²) in [6.45, 7) is 6.13. The van der Waals surface area contributed by atoms with E-state index in [4.69, 9.17) is 22.1 Å². The van der Waals surface area contributed by atoms with Crippen molar-refractivity contribution in [3.63, 3.8) is 0 Å². The molecule has 2 rings (SSSR count). The highest BCUT2D eigenvalue weighted by Gasteiger charge is 2.13. The smallest absolute Gasteiger partial charge is 0.134 e. The topological polar surface area (TPSA) is 35.2 Å². The molecule has 2 N–H and O–H groups in total. The Bertz CT molecular complexity index is 655. The predicted molar refractivity (Wildman–Crippen MR) is 84.6 cm³/mol. The first kappa shape index (κ1) is 15.8. The molecule has 0 aliphatic heterocycles. The molecule has 0 aliphatic rings. The van der Waals surface area contributed by atoms with Crippen LogP contribution >= 0.6 is 11.6 Å². The van der Waals surface area contributed by atoms with Crippen LogP contribution in [0.4, 0.5) is 4.39 Å². The fourth-order valence-corrected chi connectivity index (χ4v) is 2.61. The van der Waals surface area contributed by atoms with Gasteiger partial charge in [0, 0.05) is 17.1 Å². The quantitative estimate of drug-likeness (QED) is 0.846. The first-order valence-corrected chi connectivity index (χ1v) is 7.27. The van der Waals surface area contributed by atoms with E-state index in [0.29, 0.717) is 22.1 Å². The SMILES string of the molecule is Cc1cc(Cl)c(C(C)C)cc1Oc1cccc(F)c1CN.